The Morgan fingerprint density at radius 3 is 2.38 bits per heavy atom. The number of thiophene rings is 1. The van der Waals surface area contributed by atoms with Crippen LogP contribution in [0.15, 0.2) is 16.3 Å². The fourth-order valence-electron chi connectivity index (χ4n) is 2.24. The monoisotopic (exact) mass is 334 g/mol. The highest BCUT2D eigenvalue weighted by molar-refractivity contribution is 7.91. The van der Waals surface area contributed by atoms with Gasteiger partial charge in [0.2, 0.25) is 10.0 Å². The SMILES string of the molecule is CC(C)N(CCNS(=O)(=O)c1ccc(CCO)s1)C(C)C. The molecule has 1 aromatic rings. The lowest BCUT2D eigenvalue weighted by atomic mass is 10.2. The largest absolute Gasteiger partial charge is 0.396 e. The molecule has 122 valence electrons. The number of hydrogen-bond acceptors (Lipinski definition) is 5. The maximum absolute atomic E-state index is 12.2. The van der Waals surface area contributed by atoms with Crippen molar-refractivity contribution in [3.8, 4) is 0 Å². The highest BCUT2D eigenvalue weighted by Crippen LogP contribution is 2.21. The van der Waals surface area contributed by atoms with Crippen LogP contribution >= 0.6 is 11.3 Å². The minimum atomic E-state index is -3.44. The fraction of sp³-hybridized carbons (Fsp3) is 0.714. The Morgan fingerprint density at radius 2 is 1.86 bits per heavy atom. The molecule has 0 spiro atoms. The van der Waals surface area contributed by atoms with E-state index >= 15 is 0 Å². The molecule has 1 aromatic heterocycles. The minimum absolute atomic E-state index is 0.0329. The van der Waals surface area contributed by atoms with E-state index in [1.54, 1.807) is 12.1 Å². The Bertz CT molecular complexity index is 516. The van der Waals surface area contributed by atoms with Crippen molar-refractivity contribution in [2.24, 2.45) is 0 Å². The van der Waals surface area contributed by atoms with Crippen molar-refractivity contribution < 1.29 is 13.5 Å². The second-order valence-electron chi connectivity index (χ2n) is 5.52. The van der Waals surface area contributed by atoms with E-state index in [9.17, 15) is 8.42 Å². The quantitative estimate of drug-likeness (QED) is 0.721. The van der Waals surface area contributed by atoms with E-state index in [-0.39, 0.29) is 6.61 Å². The predicted octanol–water partition coefficient (Wildman–Crippen LogP) is 1.68. The van der Waals surface area contributed by atoms with Gasteiger partial charge in [-0.1, -0.05) is 0 Å². The molecule has 0 bridgehead atoms. The van der Waals surface area contributed by atoms with Crippen LogP contribution in [0.4, 0.5) is 0 Å². The van der Waals surface area contributed by atoms with Crippen LogP contribution in [0.2, 0.25) is 0 Å². The van der Waals surface area contributed by atoms with Crippen LogP contribution in [0, 0.1) is 0 Å². The summed E-state index contributed by atoms with van der Waals surface area (Å²) in [5, 5.41) is 8.87. The number of nitrogens with one attached hydrogen (secondary N) is 1. The molecule has 0 aliphatic carbocycles. The minimum Gasteiger partial charge on any atom is -0.396 e. The van der Waals surface area contributed by atoms with Crippen LogP contribution < -0.4 is 4.72 Å². The van der Waals surface area contributed by atoms with Crippen LogP contribution in [0.1, 0.15) is 32.6 Å². The van der Waals surface area contributed by atoms with Gasteiger partial charge < -0.3 is 5.11 Å². The van der Waals surface area contributed by atoms with Crippen molar-refractivity contribution in [3.63, 3.8) is 0 Å². The Labute approximate surface area is 132 Å². The molecule has 0 fully saturated rings. The van der Waals surface area contributed by atoms with Crippen LogP contribution in [0.5, 0.6) is 0 Å². The second-order valence-corrected chi connectivity index (χ2v) is 8.68. The van der Waals surface area contributed by atoms with E-state index in [1.165, 1.54) is 11.3 Å². The summed E-state index contributed by atoms with van der Waals surface area (Å²) in [5.74, 6) is 0. The summed E-state index contributed by atoms with van der Waals surface area (Å²) in [6.45, 7) is 9.54. The van der Waals surface area contributed by atoms with Gasteiger partial charge in [0.1, 0.15) is 4.21 Å². The summed E-state index contributed by atoms with van der Waals surface area (Å²) in [5.41, 5.74) is 0. The van der Waals surface area contributed by atoms with Gasteiger partial charge in [0.15, 0.2) is 0 Å². The average Bonchev–Trinajstić information content (AvgIpc) is 2.83. The van der Waals surface area contributed by atoms with E-state index in [2.05, 4.69) is 37.3 Å². The topological polar surface area (TPSA) is 69.6 Å². The van der Waals surface area contributed by atoms with Gasteiger partial charge in [0.05, 0.1) is 0 Å². The summed E-state index contributed by atoms with van der Waals surface area (Å²) in [4.78, 5) is 3.12. The molecule has 7 heteroatoms. The lowest BCUT2D eigenvalue weighted by molar-refractivity contribution is 0.179. The lowest BCUT2D eigenvalue weighted by Gasteiger charge is -2.30. The lowest BCUT2D eigenvalue weighted by Crippen LogP contribution is -2.42. The number of nitrogens with zero attached hydrogens (tertiary/aromatic N) is 1. The first-order valence-corrected chi connectivity index (χ1v) is 9.53. The van der Waals surface area contributed by atoms with Crippen molar-refractivity contribution in [1.82, 2.24) is 9.62 Å². The molecule has 21 heavy (non-hydrogen) atoms. The molecular weight excluding hydrogens is 308 g/mol. The average molecular weight is 335 g/mol. The normalized spacial score (nSPS) is 12.8. The first-order chi connectivity index (χ1) is 9.77. The summed E-state index contributed by atoms with van der Waals surface area (Å²) >= 11 is 1.21. The Morgan fingerprint density at radius 1 is 1.24 bits per heavy atom. The molecule has 0 atom stereocenters. The first-order valence-electron chi connectivity index (χ1n) is 7.23. The van der Waals surface area contributed by atoms with Crippen molar-refractivity contribution in [2.75, 3.05) is 19.7 Å². The highest BCUT2D eigenvalue weighted by Gasteiger charge is 2.18. The number of rotatable bonds is 9. The molecule has 2 N–H and O–H groups in total. The van der Waals surface area contributed by atoms with E-state index in [4.69, 9.17) is 5.11 Å². The van der Waals surface area contributed by atoms with Crippen LogP contribution in [-0.2, 0) is 16.4 Å². The van der Waals surface area contributed by atoms with Crippen molar-refractivity contribution in [1.29, 1.82) is 0 Å². The first kappa shape index (κ1) is 18.6. The van der Waals surface area contributed by atoms with Gasteiger partial charge in [-0.25, -0.2) is 13.1 Å². The summed E-state index contributed by atoms with van der Waals surface area (Å²) in [6.07, 6.45) is 0.495. The molecule has 5 nitrogen and oxygen atoms in total. The van der Waals surface area contributed by atoms with Crippen LogP contribution in [-0.4, -0.2) is 50.2 Å². The fourth-order valence-corrected chi connectivity index (χ4v) is 4.65. The molecule has 0 saturated carbocycles. The molecule has 0 aliphatic rings. The zero-order chi connectivity index (χ0) is 16.0. The smallest absolute Gasteiger partial charge is 0.250 e. The van der Waals surface area contributed by atoms with E-state index in [0.29, 0.717) is 35.8 Å². The Kier molecular flexibility index (Phi) is 7.29. The third-order valence-electron chi connectivity index (χ3n) is 3.25. The van der Waals surface area contributed by atoms with Gasteiger partial charge in [-0.2, -0.15) is 0 Å². The third-order valence-corrected chi connectivity index (χ3v) is 6.35. The molecule has 0 amide bonds. The van der Waals surface area contributed by atoms with Crippen molar-refractivity contribution >= 4 is 21.4 Å². The van der Waals surface area contributed by atoms with Crippen LogP contribution in [0.25, 0.3) is 0 Å². The molecule has 0 aromatic carbocycles. The van der Waals surface area contributed by atoms with E-state index in [0.717, 1.165) is 4.88 Å². The third kappa shape index (κ3) is 5.67. The van der Waals surface area contributed by atoms with Gasteiger partial charge in [-0.05, 0) is 39.8 Å². The second kappa shape index (κ2) is 8.24. The maximum Gasteiger partial charge on any atom is 0.250 e. The molecule has 1 heterocycles. The Hall–Kier alpha value is -0.470. The zero-order valence-electron chi connectivity index (χ0n) is 13.2. The van der Waals surface area contributed by atoms with Gasteiger partial charge >= 0.3 is 0 Å². The van der Waals surface area contributed by atoms with Gasteiger partial charge in [-0.15, -0.1) is 11.3 Å². The van der Waals surface area contributed by atoms with Crippen molar-refractivity contribution in [2.45, 2.75) is 50.4 Å². The molecule has 0 saturated heterocycles. The van der Waals surface area contributed by atoms with E-state index in [1.807, 2.05) is 0 Å². The van der Waals surface area contributed by atoms with Gasteiger partial charge in [0, 0.05) is 43.1 Å². The summed E-state index contributed by atoms with van der Waals surface area (Å²) in [6, 6.07) is 4.12. The number of aliphatic hydroxyl groups is 1. The summed E-state index contributed by atoms with van der Waals surface area (Å²) in [7, 11) is -3.44. The number of aliphatic hydroxyl groups excluding tert-OH is 1. The molecule has 0 unspecified atom stereocenters. The maximum atomic E-state index is 12.2. The van der Waals surface area contributed by atoms with Crippen molar-refractivity contribution in [3.05, 3.63) is 17.0 Å². The van der Waals surface area contributed by atoms with Crippen LogP contribution in [0.3, 0.4) is 0 Å². The van der Waals surface area contributed by atoms with Gasteiger partial charge in [-0.3, -0.25) is 4.90 Å². The highest BCUT2D eigenvalue weighted by atomic mass is 32.2. The number of hydrogen-bond donors (Lipinski definition) is 2. The number of sulfonamides is 1. The van der Waals surface area contributed by atoms with E-state index < -0.39 is 10.0 Å². The Balaban J connectivity index is 2.60. The van der Waals surface area contributed by atoms with Gasteiger partial charge in [0.25, 0.3) is 0 Å². The molecule has 0 radical (unpaired) electrons. The molecule has 0 aliphatic heterocycles. The molecule has 1 rings (SSSR count). The summed E-state index contributed by atoms with van der Waals surface area (Å²) < 4.78 is 27.3. The molecular formula is C14H26N2O3S2. The standard InChI is InChI=1S/C14H26N2O3S2/c1-11(2)16(12(3)4)9-8-15-21(18,19)14-6-5-13(20-14)7-10-17/h5-6,11-12,15,17H,7-10H2,1-4H3. The predicted molar refractivity (Wildman–Crippen MR) is 87.3 cm³/mol. The zero-order valence-corrected chi connectivity index (χ0v) is 14.8.